The van der Waals surface area contributed by atoms with Crippen LogP contribution in [0.25, 0.3) is 0 Å². The lowest BCUT2D eigenvalue weighted by Gasteiger charge is -2.35. The minimum Gasteiger partial charge on any atom is -0.391 e. The average Bonchev–Trinajstić information content (AvgIpc) is 2.38. The normalized spacial score (nSPS) is 23.1. The number of nitro groups is 1. The summed E-state index contributed by atoms with van der Waals surface area (Å²) >= 11 is 0. The zero-order valence-electron chi connectivity index (χ0n) is 10.8. The molecular weight excluding hydrogens is 248 g/mol. The van der Waals surface area contributed by atoms with Crippen LogP contribution >= 0.6 is 0 Å². The molecule has 0 radical (unpaired) electrons. The molecule has 1 aliphatic rings. The van der Waals surface area contributed by atoms with Gasteiger partial charge in [-0.3, -0.25) is 10.1 Å². The molecule has 0 aliphatic heterocycles. The smallest absolute Gasteiger partial charge is 0.311 e. The monoisotopic (exact) mass is 266 g/mol. The average molecular weight is 266 g/mol. The molecule has 19 heavy (non-hydrogen) atoms. The first-order valence-electron chi connectivity index (χ1n) is 6.32. The van der Waals surface area contributed by atoms with Crippen molar-refractivity contribution in [3.8, 4) is 0 Å². The highest BCUT2D eigenvalue weighted by molar-refractivity contribution is 5.61. The lowest BCUT2D eigenvalue weighted by molar-refractivity contribution is -0.384. The predicted octanol–water partition coefficient (Wildman–Crippen LogP) is 1.31. The summed E-state index contributed by atoms with van der Waals surface area (Å²) < 4.78 is 0. The molecule has 3 N–H and O–H groups in total. The van der Waals surface area contributed by atoms with Crippen molar-refractivity contribution >= 4 is 17.3 Å². The van der Waals surface area contributed by atoms with E-state index < -0.39 is 11.0 Å². The third kappa shape index (κ3) is 2.76. The highest BCUT2D eigenvalue weighted by Gasteiger charge is 2.31. The van der Waals surface area contributed by atoms with Crippen molar-refractivity contribution in [2.45, 2.75) is 37.8 Å². The fourth-order valence-corrected chi connectivity index (χ4v) is 2.56. The van der Waals surface area contributed by atoms with E-state index in [0.717, 1.165) is 19.3 Å². The van der Waals surface area contributed by atoms with Crippen molar-refractivity contribution in [2.24, 2.45) is 0 Å². The van der Waals surface area contributed by atoms with Crippen LogP contribution in [0.5, 0.6) is 0 Å². The van der Waals surface area contributed by atoms with Crippen molar-refractivity contribution < 1.29 is 10.0 Å². The number of nitrogens with zero attached hydrogens (tertiary/aromatic N) is 3. The van der Waals surface area contributed by atoms with E-state index >= 15 is 0 Å². The fraction of sp³-hybridized carbons (Fsp3) is 0.583. The van der Waals surface area contributed by atoms with Gasteiger partial charge in [-0.2, -0.15) is 0 Å². The van der Waals surface area contributed by atoms with Gasteiger partial charge in [-0.1, -0.05) is 12.8 Å². The molecule has 104 valence electrons. The summed E-state index contributed by atoms with van der Waals surface area (Å²) in [5, 5.41) is 21.1. The topological polar surface area (TPSA) is 106 Å². The maximum Gasteiger partial charge on any atom is 0.311 e. The second-order valence-electron chi connectivity index (χ2n) is 4.87. The number of nitrogen functional groups attached to an aromatic ring is 1. The lowest BCUT2D eigenvalue weighted by atomic mass is 9.91. The van der Waals surface area contributed by atoms with Gasteiger partial charge in [0, 0.05) is 13.1 Å². The van der Waals surface area contributed by atoms with Crippen molar-refractivity contribution in [3.63, 3.8) is 0 Å². The van der Waals surface area contributed by atoms with Crippen LogP contribution in [0, 0.1) is 10.1 Å². The van der Waals surface area contributed by atoms with Crippen molar-refractivity contribution in [1.29, 1.82) is 0 Å². The van der Waals surface area contributed by atoms with Gasteiger partial charge >= 0.3 is 5.69 Å². The van der Waals surface area contributed by atoms with Crippen molar-refractivity contribution in [1.82, 2.24) is 4.98 Å². The molecule has 2 unspecified atom stereocenters. The minimum absolute atomic E-state index is 0.0885. The Balaban J connectivity index is 2.34. The van der Waals surface area contributed by atoms with Gasteiger partial charge in [0.15, 0.2) is 0 Å². The number of nitrogens with two attached hydrogens (primary N) is 1. The van der Waals surface area contributed by atoms with E-state index in [0.29, 0.717) is 6.42 Å². The molecule has 0 amide bonds. The number of aliphatic hydroxyl groups excluding tert-OH is 1. The van der Waals surface area contributed by atoms with Crippen LogP contribution in [-0.2, 0) is 0 Å². The summed E-state index contributed by atoms with van der Waals surface area (Å²) in [5.41, 5.74) is 5.52. The van der Waals surface area contributed by atoms with Crippen LogP contribution in [0.3, 0.4) is 0 Å². The fourth-order valence-electron chi connectivity index (χ4n) is 2.56. The van der Waals surface area contributed by atoms with Gasteiger partial charge < -0.3 is 15.7 Å². The van der Waals surface area contributed by atoms with E-state index in [1.807, 2.05) is 0 Å². The van der Waals surface area contributed by atoms with Crippen LogP contribution < -0.4 is 10.6 Å². The quantitative estimate of drug-likeness (QED) is 0.631. The van der Waals surface area contributed by atoms with Gasteiger partial charge in [-0.15, -0.1) is 0 Å². The van der Waals surface area contributed by atoms with Crippen LogP contribution in [-0.4, -0.2) is 34.2 Å². The second kappa shape index (κ2) is 5.40. The Morgan fingerprint density at radius 2 is 2.16 bits per heavy atom. The van der Waals surface area contributed by atoms with E-state index in [1.165, 1.54) is 12.1 Å². The van der Waals surface area contributed by atoms with Gasteiger partial charge in [-0.05, 0) is 18.9 Å². The van der Waals surface area contributed by atoms with E-state index in [9.17, 15) is 15.2 Å². The highest BCUT2D eigenvalue weighted by Crippen LogP contribution is 2.31. The molecule has 0 bridgehead atoms. The maximum atomic E-state index is 11.0. The van der Waals surface area contributed by atoms with Gasteiger partial charge in [0.1, 0.15) is 5.82 Å². The third-order valence-electron chi connectivity index (χ3n) is 3.60. The molecule has 0 spiro atoms. The Bertz CT molecular complexity index is 480. The lowest BCUT2D eigenvalue weighted by Crippen LogP contribution is -2.44. The number of pyridine rings is 1. The summed E-state index contributed by atoms with van der Waals surface area (Å²) in [5.74, 6) is 0.452. The van der Waals surface area contributed by atoms with Gasteiger partial charge in [0.2, 0.25) is 5.82 Å². The molecule has 7 heteroatoms. The summed E-state index contributed by atoms with van der Waals surface area (Å²) in [7, 11) is 1.72. The molecule has 7 nitrogen and oxygen atoms in total. The number of rotatable bonds is 3. The van der Waals surface area contributed by atoms with E-state index in [-0.39, 0.29) is 23.4 Å². The largest absolute Gasteiger partial charge is 0.391 e. The molecule has 1 aliphatic carbocycles. The molecule has 1 heterocycles. The number of likely N-dealkylation sites (N-methyl/N-ethyl adjacent to an activating group) is 1. The highest BCUT2D eigenvalue weighted by atomic mass is 16.6. The SMILES string of the molecule is CN(c1nc(N)ccc1[N+](=O)[O-])C1CCCCC1O. The maximum absolute atomic E-state index is 11.0. The van der Waals surface area contributed by atoms with Crippen molar-refractivity contribution in [3.05, 3.63) is 22.2 Å². The first-order chi connectivity index (χ1) is 9.00. The zero-order valence-corrected chi connectivity index (χ0v) is 10.8. The number of hydrogen-bond acceptors (Lipinski definition) is 6. The first kappa shape index (κ1) is 13.5. The number of anilines is 2. The van der Waals surface area contributed by atoms with Gasteiger partial charge in [0.25, 0.3) is 0 Å². The molecule has 2 rings (SSSR count). The summed E-state index contributed by atoms with van der Waals surface area (Å²) in [6.45, 7) is 0. The standard InChI is InChI=1S/C12H18N4O3/c1-15(8-4-2-3-5-10(8)17)12-9(16(18)19)6-7-11(13)14-12/h6-8,10,17H,2-5H2,1H3,(H2,13,14). The van der Waals surface area contributed by atoms with E-state index in [1.54, 1.807) is 11.9 Å². The van der Waals surface area contributed by atoms with Crippen LogP contribution in [0.15, 0.2) is 12.1 Å². The van der Waals surface area contributed by atoms with Crippen LogP contribution in [0.2, 0.25) is 0 Å². The zero-order chi connectivity index (χ0) is 14.0. The number of hydrogen-bond donors (Lipinski definition) is 2. The van der Waals surface area contributed by atoms with Gasteiger partial charge in [-0.25, -0.2) is 4.98 Å². The molecule has 0 aromatic carbocycles. The minimum atomic E-state index is -0.485. The molecular formula is C12H18N4O3. The first-order valence-corrected chi connectivity index (χ1v) is 6.32. The molecule has 1 aromatic rings. The molecule has 1 aromatic heterocycles. The molecule has 1 saturated carbocycles. The number of aliphatic hydroxyl groups is 1. The van der Waals surface area contributed by atoms with Crippen LogP contribution in [0.4, 0.5) is 17.3 Å². The Hall–Kier alpha value is -1.89. The summed E-state index contributed by atoms with van der Waals surface area (Å²) in [6, 6.07) is 2.61. The van der Waals surface area contributed by atoms with Crippen LogP contribution in [0.1, 0.15) is 25.7 Å². The van der Waals surface area contributed by atoms with Gasteiger partial charge in [0.05, 0.1) is 17.1 Å². The number of aromatic nitrogens is 1. The molecule has 1 fully saturated rings. The molecule has 0 saturated heterocycles. The second-order valence-corrected chi connectivity index (χ2v) is 4.87. The Morgan fingerprint density at radius 1 is 1.47 bits per heavy atom. The van der Waals surface area contributed by atoms with Crippen molar-refractivity contribution in [2.75, 3.05) is 17.7 Å². The summed E-state index contributed by atoms with van der Waals surface area (Å²) in [4.78, 5) is 16.3. The molecule has 2 atom stereocenters. The Morgan fingerprint density at radius 3 is 2.79 bits per heavy atom. The van der Waals surface area contributed by atoms with E-state index in [2.05, 4.69) is 4.98 Å². The predicted molar refractivity (Wildman–Crippen MR) is 72.0 cm³/mol. The third-order valence-corrected chi connectivity index (χ3v) is 3.60. The van der Waals surface area contributed by atoms with E-state index in [4.69, 9.17) is 5.73 Å². The Kier molecular flexibility index (Phi) is 3.84. The Labute approximate surface area is 111 Å². The summed E-state index contributed by atoms with van der Waals surface area (Å²) in [6.07, 6.45) is 3.01.